The van der Waals surface area contributed by atoms with E-state index in [1.165, 1.54) is 17.4 Å². The molecule has 1 aromatic heterocycles. The maximum absolute atomic E-state index is 13.2. The van der Waals surface area contributed by atoms with Gasteiger partial charge in [-0.2, -0.15) is 0 Å². The Balaban J connectivity index is 2.09. The van der Waals surface area contributed by atoms with Crippen LogP contribution < -0.4 is 33.6 Å². The predicted octanol–water partition coefficient (Wildman–Crippen LogP) is -2.49. The predicted molar refractivity (Wildman–Crippen MR) is 139 cm³/mol. The van der Waals surface area contributed by atoms with Gasteiger partial charge in [-0.05, 0) is 45.1 Å². The number of hydrogen-bond donors (Lipinski definition) is 8. The second-order valence-electron chi connectivity index (χ2n) is 9.27. The fraction of sp³-hybridized carbons (Fsp3) is 0.652. The summed E-state index contributed by atoms with van der Waals surface area (Å²) in [6.45, 7) is 1.10. The number of nitrogens with one attached hydrogen (secondary N) is 3. The lowest BCUT2D eigenvalue weighted by Gasteiger charge is -2.28. The van der Waals surface area contributed by atoms with Crippen molar-refractivity contribution < 1.29 is 24.3 Å². The van der Waals surface area contributed by atoms with Crippen LogP contribution >= 0.6 is 0 Å². The number of nitrogens with two attached hydrogens (primary N) is 4. The van der Waals surface area contributed by atoms with Crippen molar-refractivity contribution in [1.29, 1.82) is 0 Å². The second kappa shape index (κ2) is 15.5. The van der Waals surface area contributed by atoms with Crippen LogP contribution in [-0.2, 0) is 25.6 Å². The van der Waals surface area contributed by atoms with Crippen molar-refractivity contribution in [3.8, 4) is 0 Å². The first-order valence-corrected chi connectivity index (χ1v) is 12.8. The number of rotatable bonds is 16. The molecule has 1 aliphatic heterocycles. The lowest BCUT2D eigenvalue weighted by atomic mass is 10.1. The number of guanidine groups is 1. The highest BCUT2D eigenvalue weighted by Crippen LogP contribution is 2.20. The number of carbonyl (C=O) groups excluding carboxylic acids is 3. The average Bonchev–Trinajstić information content (AvgIpc) is 3.57. The van der Waals surface area contributed by atoms with Crippen molar-refractivity contribution in [3.63, 3.8) is 0 Å². The van der Waals surface area contributed by atoms with Gasteiger partial charge in [0.2, 0.25) is 17.7 Å². The third-order valence-electron chi connectivity index (χ3n) is 6.30. The SMILES string of the molecule is NCCCCC(N)C(=O)N1CCCC1C(=O)NC(CCCN=C(N)N)C(=O)NC(Cc1cnc[nH]1)C(=O)O. The summed E-state index contributed by atoms with van der Waals surface area (Å²) in [5.41, 5.74) is 22.8. The fourth-order valence-electron chi connectivity index (χ4n) is 4.28. The van der Waals surface area contributed by atoms with Crippen LogP contribution in [0.25, 0.3) is 0 Å². The monoisotopic (exact) mass is 536 g/mol. The lowest BCUT2D eigenvalue weighted by molar-refractivity contribution is -0.143. The molecule has 0 aromatic carbocycles. The first kappa shape index (κ1) is 30.5. The minimum atomic E-state index is -1.25. The molecule has 0 saturated carbocycles. The zero-order valence-corrected chi connectivity index (χ0v) is 21.5. The van der Waals surface area contributed by atoms with Gasteiger partial charge in [0.25, 0.3) is 0 Å². The Morgan fingerprint density at radius 2 is 1.92 bits per heavy atom. The van der Waals surface area contributed by atoms with Crippen LogP contribution in [0.1, 0.15) is 50.6 Å². The van der Waals surface area contributed by atoms with Crippen molar-refractivity contribution in [3.05, 3.63) is 18.2 Å². The number of imidazole rings is 1. The summed E-state index contributed by atoms with van der Waals surface area (Å²) in [7, 11) is 0. The number of aliphatic imine (C=N–C) groups is 1. The molecule has 1 aromatic rings. The molecule has 12 N–H and O–H groups in total. The summed E-state index contributed by atoms with van der Waals surface area (Å²) < 4.78 is 0. The minimum Gasteiger partial charge on any atom is -0.480 e. The number of carboxylic acids is 1. The van der Waals surface area contributed by atoms with Gasteiger partial charge in [0.05, 0.1) is 12.4 Å². The maximum atomic E-state index is 13.2. The largest absolute Gasteiger partial charge is 0.480 e. The van der Waals surface area contributed by atoms with Gasteiger partial charge in [-0.3, -0.25) is 19.4 Å². The van der Waals surface area contributed by atoms with E-state index in [-0.39, 0.29) is 31.3 Å². The van der Waals surface area contributed by atoms with E-state index in [1.54, 1.807) is 0 Å². The first-order chi connectivity index (χ1) is 18.1. The van der Waals surface area contributed by atoms with Crippen molar-refractivity contribution >= 4 is 29.7 Å². The molecule has 0 aliphatic carbocycles. The molecule has 15 nitrogen and oxygen atoms in total. The standard InChI is InChI=1S/C23H40N10O5/c24-8-2-1-5-15(25)21(36)33-10-4-7-18(33)20(35)31-16(6-3-9-29-23(26)27)19(34)32-17(22(37)38)11-14-12-28-13-30-14/h12-13,15-18H,1-11,24-25H2,(H,28,30)(H,31,35)(H,32,34)(H,37,38)(H4,26,27,29). The minimum absolute atomic E-state index is 0.0251. The molecule has 1 fully saturated rings. The molecule has 4 unspecified atom stereocenters. The summed E-state index contributed by atoms with van der Waals surface area (Å²) in [5.74, 6) is -2.85. The van der Waals surface area contributed by atoms with Crippen molar-refractivity contribution in [2.45, 2.75) is 75.5 Å². The Hall–Kier alpha value is -3.72. The van der Waals surface area contributed by atoms with Crippen LogP contribution in [0.3, 0.4) is 0 Å². The van der Waals surface area contributed by atoms with Crippen LogP contribution in [-0.4, -0.2) is 93.4 Å². The van der Waals surface area contributed by atoms with E-state index in [9.17, 15) is 24.3 Å². The van der Waals surface area contributed by atoms with E-state index in [2.05, 4.69) is 25.6 Å². The summed E-state index contributed by atoms with van der Waals surface area (Å²) >= 11 is 0. The van der Waals surface area contributed by atoms with Gasteiger partial charge < -0.3 is 48.6 Å². The third kappa shape index (κ3) is 9.63. The van der Waals surface area contributed by atoms with Gasteiger partial charge in [0.15, 0.2) is 5.96 Å². The van der Waals surface area contributed by atoms with E-state index in [0.717, 1.165) is 6.42 Å². The van der Waals surface area contributed by atoms with Gasteiger partial charge in [0, 0.05) is 31.4 Å². The van der Waals surface area contributed by atoms with E-state index in [0.29, 0.717) is 50.9 Å². The Bertz CT molecular complexity index is 950. The number of amides is 3. The van der Waals surface area contributed by atoms with Gasteiger partial charge in [-0.15, -0.1) is 0 Å². The summed E-state index contributed by atoms with van der Waals surface area (Å²) in [5, 5.41) is 14.8. The molecular weight excluding hydrogens is 496 g/mol. The molecule has 0 radical (unpaired) electrons. The number of nitrogens with zero attached hydrogens (tertiary/aromatic N) is 3. The quantitative estimate of drug-likeness (QED) is 0.0625. The molecule has 15 heteroatoms. The molecule has 38 heavy (non-hydrogen) atoms. The Labute approximate surface area is 221 Å². The van der Waals surface area contributed by atoms with Crippen molar-refractivity contribution in [1.82, 2.24) is 25.5 Å². The van der Waals surface area contributed by atoms with Crippen LogP contribution in [0.2, 0.25) is 0 Å². The summed E-state index contributed by atoms with van der Waals surface area (Å²) in [4.78, 5) is 63.1. The van der Waals surface area contributed by atoms with Crippen LogP contribution in [0.4, 0.5) is 0 Å². The highest BCUT2D eigenvalue weighted by atomic mass is 16.4. The molecule has 2 heterocycles. The number of aliphatic carboxylic acids is 1. The third-order valence-corrected chi connectivity index (χ3v) is 6.30. The zero-order valence-electron chi connectivity index (χ0n) is 21.5. The van der Waals surface area contributed by atoms with Gasteiger partial charge >= 0.3 is 5.97 Å². The first-order valence-electron chi connectivity index (χ1n) is 12.8. The molecule has 1 aliphatic rings. The van der Waals surface area contributed by atoms with E-state index < -0.39 is 42.0 Å². The second-order valence-corrected chi connectivity index (χ2v) is 9.27. The molecule has 3 amide bonds. The molecule has 0 spiro atoms. The van der Waals surface area contributed by atoms with Crippen molar-refractivity contribution in [2.24, 2.45) is 27.9 Å². The number of carboxylic acid groups (broad SMARTS) is 1. The van der Waals surface area contributed by atoms with E-state index in [4.69, 9.17) is 22.9 Å². The Kier molecular flexibility index (Phi) is 12.5. The number of aromatic amines is 1. The van der Waals surface area contributed by atoms with Crippen LogP contribution in [0, 0.1) is 0 Å². The average molecular weight is 537 g/mol. The number of likely N-dealkylation sites (tertiary alicyclic amines) is 1. The maximum Gasteiger partial charge on any atom is 0.326 e. The van der Waals surface area contributed by atoms with E-state index in [1.807, 2.05) is 0 Å². The summed E-state index contributed by atoms with van der Waals surface area (Å²) in [6.07, 6.45) is 6.28. The normalized spacial score (nSPS) is 17.3. The van der Waals surface area contributed by atoms with Gasteiger partial charge in [-0.1, -0.05) is 6.42 Å². The van der Waals surface area contributed by atoms with Gasteiger partial charge in [0.1, 0.15) is 18.1 Å². The Morgan fingerprint density at radius 1 is 1.16 bits per heavy atom. The number of carbonyl (C=O) groups is 4. The number of unbranched alkanes of at least 4 members (excludes halogenated alkanes) is 1. The number of hydrogen-bond acceptors (Lipinski definition) is 8. The van der Waals surface area contributed by atoms with Crippen LogP contribution in [0.5, 0.6) is 0 Å². The number of aromatic nitrogens is 2. The van der Waals surface area contributed by atoms with Crippen LogP contribution in [0.15, 0.2) is 17.5 Å². The highest BCUT2D eigenvalue weighted by Gasteiger charge is 2.37. The molecule has 212 valence electrons. The Morgan fingerprint density at radius 3 is 2.55 bits per heavy atom. The fourth-order valence-corrected chi connectivity index (χ4v) is 4.28. The van der Waals surface area contributed by atoms with E-state index >= 15 is 0 Å². The lowest BCUT2D eigenvalue weighted by Crippen LogP contribution is -2.56. The molecule has 0 bridgehead atoms. The molecule has 4 atom stereocenters. The topological polar surface area (TPSA) is 261 Å². The summed E-state index contributed by atoms with van der Waals surface area (Å²) in [6, 6.07) is -3.85. The zero-order chi connectivity index (χ0) is 28.1. The van der Waals surface area contributed by atoms with Gasteiger partial charge in [-0.25, -0.2) is 9.78 Å². The number of H-pyrrole nitrogens is 1. The molecule has 1 saturated heterocycles. The molecule has 2 rings (SSSR count). The highest BCUT2D eigenvalue weighted by molar-refractivity contribution is 5.94. The molecular formula is C23H40N10O5. The van der Waals surface area contributed by atoms with Crippen molar-refractivity contribution in [2.75, 3.05) is 19.6 Å². The smallest absolute Gasteiger partial charge is 0.326 e.